The molecule has 1 aliphatic carbocycles. The highest BCUT2D eigenvalue weighted by Crippen LogP contribution is 2.40. The Bertz CT molecular complexity index is 320. The molecule has 0 radical (unpaired) electrons. The Morgan fingerprint density at radius 2 is 2.10 bits per heavy atom. The van der Waals surface area contributed by atoms with Gasteiger partial charge in [-0.3, -0.25) is 4.79 Å². The van der Waals surface area contributed by atoms with Crippen molar-refractivity contribution in [1.29, 1.82) is 0 Å². The highest BCUT2D eigenvalue weighted by molar-refractivity contribution is 5.69. The van der Waals surface area contributed by atoms with E-state index in [1.54, 1.807) is 6.92 Å². The Hall–Kier alpha value is -0.570. The van der Waals surface area contributed by atoms with E-state index in [4.69, 9.17) is 9.84 Å². The average Bonchev–Trinajstić information content (AvgIpc) is 2.26. The van der Waals surface area contributed by atoms with Gasteiger partial charge in [0.2, 0.25) is 0 Å². The van der Waals surface area contributed by atoms with Crippen LogP contribution in [0.2, 0.25) is 0 Å². The molecular formula is C17H32O3. The lowest BCUT2D eigenvalue weighted by Gasteiger charge is -2.36. The lowest BCUT2D eigenvalue weighted by Crippen LogP contribution is -2.31. The number of aliphatic carboxylic acids is 1. The summed E-state index contributed by atoms with van der Waals surface area (Å²) in [5, 5.41) is 8.98. The highest BCUT2D eigenvalue weighted by Gasteiger charge is 2.29. The molecular weight excluding hydrogens is 252 g/mol. The van der Waals surface area contributed by atoms with E-state index in [1.165, 1.54) is 25.7 Å². The molecule has 1 aliphatic rings. The molecule has 0 aromatic heterocycles. The quantitative estimate of drug-likeness (QED) is 0.748. The van der Waals surface area contributed by atoms with Crippen molar-refractivity contribution >= 4 is 5.97 Å². The van der Waals surface area contributed by atoms with Crippen molar-refractivity contribution in [3.63, 3.8) is 0 Å². The zero-order valence-electron chi connectivity index (χ0n) is 13.9. The fraction of sp³-hybridized carbons (Fsp3) is 0.941. The van der Waals surface area contributed by atoms with Gasteiger partial charge in [-0.15, -0.1) is 0 Å². The maximum absolute atomic E-state index is 10.9. The Morgan fingerprint density at radius 1 is 1.45 bits per heavy atom. The predicted octanol–water partition coefficient (Wildman–Crippen LogP) is 4.50. The van der Waals surface area contributed by atoms with E-state index >= 15 is 0 Å². The highest BCUT2D eigenvalue weighted by atomic mass is 16.5. The maximum Gasteiger partial charge on any atom is 0.306 e. The van der Waals surface area contributed by atoms with Crippen LogP contribution in [0.5, 0.6) is 0 Å². The summed E-state index contributed by atoms with van der Waals surface area (Å²) in [5.74, 6) is -0.319. The molecule has 2 unspecified atom stereocenters. The number of carbonyl (C=O) groups is 1. The SMILES string of the molecule is CC(CC(C)(C)OCCC1CCCC(C)(C)C1)C(=O)O. The minimum Gasteiger partial charge on any atom is -0.481 e. The van der Waals surface area contributed by atoms with Crippen molar-refractivity contribution in [1.82, 2.24) is 0 Å². The zero-order valence-corrected chi connectivity index (χ0v) is 13.9. The Morgan fingerprint density at radius 3 is 2.65 bits per heavy atom. The van der Waals surface area contributed by atoms with Crippen molar-refractivity contribution in [2.75, 3.05) is 6.61 Å². The van der Waals surface area contributed by atoms with Crippen molar-refractivity contribution in [3.8, 4) is 0 Å². The van der Waals surface area contributed by atoms with Crippen LogP contribution in [-0.2, 0) is 9.53 Å². The van der Waals surface area contributed by atoms with E-state index in [-0.39, 0.29) is 11.5 Å². The molecule has 0 aliphatic heterocycles. The van der Waals surface area contributed by atoms with Crippen LogP contribution < -0.4 is 0 Å². The van der Waals surface area contributed by atoms with E-state index in [9.17, 15) is 4.79 Å². The molecule has 0 aromatic rings. The molecule has 2 atom stereocenters. The van der Waals surface area contributed by atoms with Gasteiger partial charge in [-0.25, -0.2) is 0 Å². The van der Waals surface area contributed by atoms with Crippen LogP contribution >= 0.6 is 0 Å². The molecule has 118 valence electrons. The third-order valence-electron chi connectivity index (χ3n) is 4.55. The summed E-state index contributed by atoms with van der Waals surface area (Å²) < 4.78 is 5.96. The number of hydrogen-bond donors (Lipinski definition) is 1. The van der Waals surface area contributed by atoms with Gasteiger partial charge >= 0.3 is 5.97 Å². The third kappa shape index (κ3) is 6.25. The van der Waals surface area contributed by atoms with Gasteiger partial charge in [0.1, 0.15) is 0 Å². The average molecular weight is 284 g/mol. The lowest BCUT2D eigenvalue weighted by molar-refractivity contribution is -0.144. The molecule has 1 rings (SSSR count). The van der Waals surface area contributed by atoms with Crippen LogP contribution in [0, 0.1) is 17.3 Å². The van der Waals surface area contributed by atoms with E-state index in [2.05, 4.69) is 13.8 Å². The van der Waals surface area contributed by atoms with E-state index in [1.807, 2.05) is 13.8 Å². The normalized spacial score (nSPS) is 24.4. The molecule has 0 spiro atoms. The second kappa shape index (κ2) is 6.93. The van der Waals surface area contributed by atoms with Gasteiger partial charge in [-0.05, 0) is 50.9 Å². The van der Waals surface area contributed by atoms with Crippen LogP contribution in [0.1, 0.15) is 73.1 Å². The molecule has 1 saturated carbocycles. The molecule has 3 nitrogen and oxygen atoms in total. The largest absolute Gasteiger partial charge is 0.481 e. The summed E-state index contributed by atoms with van der Waals surface area (Å²) >= 11 is 0. The predicted molar refractivity (Wildman–Crippen MR) is 81.8 cm³/mol. The summed E-state index contributed by atoms with van der Waals surface area (Å²) in [6.45, 7) is 11.2. The molecule has 0 saturated heterocycles. The van der Waals surface area contributed by atoms with Crippen molar-refractivity contribution in [3.05, 3.63) is 0 Å². The van der Waals surface area contributed by atoms with Gasteiger partial charge < -0.3 is 9.84 Å². The van der Waals surface area contributed by atoms with Gasteiger partial charge in [0.15, 0.2) is 0 Å². The molecule has 0 bridgehead atoms. The summed E-state index contributed by atoms with van der Waals surface area (Å²) in [4.78, 5) is 10.9. The van der Waals surface area contributed by atoms with E-state index < -0.39 is 5.97 Å². The topological polar surface area (TPSA) is 46.5 Å². The number of hydrogen-bond acceptors (Lipinski definition) is 2. The van der Waals surface area contributed by atoms with Gasteiger partial charge in [-0.1, -0.05) is 33.6 Å². The molecule has 0 amide bonds. The number of rotatable bonds is 7. The molecule has 0 aromatic carbocycles. The van der Waals surface area contributed by atoms with Crippen molar-refractivity contribution in [2.45, 2.75) is 78.7 Å². The molecule has 3 heteroatoms. The summed E-state index contributed by atoms with van der Waals surface area (Å²) in [5.41, 5.74) is 0.137. The van der Waals surface area contributed by atoms with Crippen molar-refractivity contribution in [2.24, 2.45) is 17.3 Å². The van der Waals surface area contributed by atoms with Crippen LogP contribution in [0.15, 0.2) is 0 Å². The first-order chi connectivity index (χ1) is 9.11. The first-order valence-electron chi connectivity index (χ1n) is 7.98. The first kappa shape index (κ1) is 17.5. The fourth-order valence-corrected chi connectivity index (χ4v) is 3.49. The zero-order chi connectivity index (χ0) is 15.4. The number of carboxylic acids is 1. The standard InChI is InChI=1S/C17H32O3/c1-13(15(18)19)11-17(4,5)20-10-8-14-7-6-9-16(2,3)12-14/h13-14H,6-12H2,1-5H3,(H,18,19). The maximum atomic E-state index is 10.9. The van der Waals surface area contributed by atoms with Gasteiger partial charge in [0.25, 0.3) is 0 Å². The van der Waals surface area contributed by atoms with Gasteiger partial charge in [0.05, 0.1) is 11.5 Å². The van der Waals surface area contributed by atoms with E-state index in [0.29, 0.717) is 11.8 Å². The number of carboxylic acid groups (broad SMARTS) is 1. The fourth-order valence-electron chi connectivity index (χ4n) is 3.49. The Balaban J connectivity index is 2.30. The minimum absolute atomic E-state index is 0.345. The molecule has 0 heterocycles. The molecule has 20 heavy (non-hydrogen) atoms. The molecule has 1 N–H and O–H groups in total. The van der Waals surface area contributed by atoms with Gasteiger partial charge in [-0.2, -0.15) is 0 Å². The third-order valence-corrected chi connectivity index (χ3v) is 4.55. The van der Waals surface area contributed by atoms with Crippen LogP contribution in [-0.4, -0.2) is 23.3 Å². The monoisotopic (exact) mass is 284 g/mol. The van der Waals surface area contributed by atoms with Crippen molar-refractivity contribution < 1.29 is 14.6 Å². The van der Waals surface area contributed by atoms with E-state index in [0.717, 1.165) is 18.9 Å². The number of ether oxygens (including phenoxy) is 1. The van der Waals surface area contributed by atoms with Crippen LogP contribution in [0.4, 0.5) is 0 Å². The Kier molecular flexibility index (Phi) is 6.06. The van der Waals surface area contributed by atoms with Crippen LogP contribution in [0.3, 0.4) is 0 Å². The summed E-state index contributed by atoms with van der Waals surface area (Å²) in [7, 11) is 0. The lowest BCUT2D eigenvalue weighted by atomic mass is 9.71. The second-order valence-corrected chi connectivity index (χ2v) is 7.97. The Labute approximate surface area is 124 Å². The second-order valence-electron chi connectivity index (χ2n) is 7.97. The molecule has 1 fully saturated rings. The van der Waals surface area contributed by atoms with Gasteiger partial charge in [0, 0.05) is 6.61 Å². The minimum atomic E-state index is -0.740. The van der Waals surface area contributed by atoms with Crippen LogP contribution in [0.25, 0.3) is 0 Å². The first-order valence-corrected chi connectivity index (χ1v) is 7.98. The smallest absolute Gasteiger partial charge is 0.306 e. The summed E-state index contributed by atoms with van der Waals surface area (Å²) in [6, 6.07) is 0. The summed E-state index contributed by atoms with van der Waals surface area (Å²) in [6.07, 6.45) is 6.96.